The van der Waals surface area contributed by atoms with E-state index in [2.05, 4.69) is 0 Å². The van der Waals surface area contributed by atoms with Crippen molar-refractivity contribution in [3.8, 4) is 5.75 Å². The molecule has 1 aromatic rings. The zero-order chi connectivity index (χ0) is 13.2. The van der Waals surface area contributed by atoms with Crippen molar-refractivity contribution in [2.24, 2.45) is 5.73 Å². The van der Waals surface area contributed by atoms with Gasteiger partial charge in [0.1, 0.15) is 5.75 Å². The van der Waals surface area contributed by atoms with Gasteiger partial charge in [0.25, 0.3) is 5.91 Å². The third-order valence-electron chi connectivity index (χ3n) is 2.31. The Morgan fingerprint density at radius 1 is 1.41 bits per heavy atom. The summed E-state index contributed by atoms with van der Waals surface area (Å²) in [6.45, 7) is 0. The number of nitrogens with zero attached hydrogens (tertiary/aromatic N) is 1. The first-order chi connectivity index (χ1) is 7.77. The Morgan fingerprint density at radius 3 is 2.41 bits per heavy atom. The number of sulfonamides is 1. The monoisotopic (exact) mass is 258 g/mol. The number of methoxy groups -OCH3 is 1. The molecule has 0 bridgehead atoms. The number of ether oxygens (including phenoxy) is 1. The molecule has 94 valence electrons. The van der Waals surface area contributed by atoms with Crippen LogP contribution in [0.25, 0.3) is 0 Å². The molecule has 0 aliphatic rings. The Bertz CT molecular complexity index is 539. The number of carbonyl (C=O) groups is 1. The van der Waals surface area contributed by atoms with E-state index in [-0.39, 0.29) is 5.56 Å². The van der Waals surface area contributed by atoms with Gasteiger partial charge in [-0.3, -0.25) is 9.10 Å². The summed E-state index contributed by atoms with van der Waals surface area (Å²) < 4.78 is 28.7. The summed E-state index contributed by atoms with van der Waals surface area (Å²) in [4.78, 5) is 11.2. The van der Waals surface area contributed by atoms with Crippen LogP contribution >= 0.6 is 0 Å². The van der Waals surface area contributed by atoms with E-state index in [0.717, 1.165) is 10.6 Å². The molecule has 6 nitrogen and oxygen atoms in total. The van der Waals surface area contributed by atoms with Crippen LogP contribution in [0.3, 0.4) is 0 Å². The smallest absolute Gasteiger partial charge is 0.252 e. The average Bonchev–Trinajstić information content (AvgIpc) is 2.25. The van der Waals surface area contributed by atoms with Crippen molar-refractivity contribution >= 4 is 21.6 Å². The highest BCUT2D eigenvalue weighted by atomic mass is 32.2. The van der Waals surface area contributed by atoms with E-state index in [0.29, 0.717) is 11.4 Å². The lowest BCUT2D eigenvalue weighted by Gasteiger charge is -2.18. The number of rotatable bonds is 4. The van der Waals surface area contributed by atoms with E-state index in [9.17, 15) is 13.2 Å². The molecule has 0 fully saturated rings. The van der Waals surface area contributed by atoms with Gasteiger partial charge in [-0.1, -0.05) is 0 Å². The molecule has 0 aromatic heterocycles. The first kappa shape index (κ1) is 13.3. The van der Waals surface area contributed by atoms with E-state index >= 15 is 0 Å². The SMILES string of the molecule is COc1ccc(N(C)S(C)(=O)=O)cc1C(N)=O. The van der Waals surface area contributed by atoms with Crippen LogP contribution < -0.4 is 14.8 Å². The van der Waals surface area contributed by atoms with Crippen molar-refractivity contribution in [1.29, 1.82) is 0 Å². The van der Waals surface area contributed by atoms with Crippen molar-refractivity contribution in [3.05, 3.63) is 23.8 Å². The van der Waals surface area contributed by atoms with Crippen molar-refractivity contribution < 1.29 is 17.9 Å². The predicted octanol–water partition coefficient (Wildman–Crippen LogP) is 0.190. The van der Waals surface area contributed by atoms with Gasteiger partial charge in [0, 0.05) is 7.05 Å². The van der Waals surface area contributed by atoms with Crippen LogP contribution in [0.2, 0.25) is 0 Å². The standard InChI is InChI=1S/C10H14N2O4S/c1-12(17(3,14)15)7-4-5-9(16-2)8(6-7)10(11)13/h4-6H,1-3H3,(H2,11,13). The number of amides is 1. The third kappa shape index (κ3) is 2.88. The third-order valence-corrected chi connectivity index (χ3v) is 3.52. The van der Waals surface area contributed by atoms with Gasteiger partial charge in [-0.2, -0.15) is 0 Å². The molecular formula is C10H14N2O4S. The minimum absolute atomic E-state index is 0.139. The van der Waals surface area contributed by atoms with Gasteiger partial charge in [-0.05, 0) is 18.2 Å². The average molecular weight is 258 g/mol. The van der Waals surface area contributed by atoms with Gasteiger partial charge in [0.05, 0.1) is 24.6 Å². The molecule has 1 aromatic carbocycles. The molecule has 0 radical (unpaired) electrons. The molecule has 0 heterocycles. The van der Waals surface area contributed by atoms with Gasteiger partial charge >= 0.3 is 0 Å². The van der Waals surface area contributed by atoms with E-state index in [1.165, 1.54) is 32.4 Å². The Kier molecular flexibility index (Phi) is 3.62. The Balaban J connectivity index is 3.31. The van der Waals surface area contributed by atoms with Crippen LogP contribution in [0.4, 0.5) is 5.69 Å². The van der Waals surface area contributed by atoms with E-state index < -0.39 is 15.9 Å². The van der Waals surface area contributed by atoms with Crippen LogP contribution in [-0.4, -0.2) is 34.7 Å². The minimum atomic E-state index is -3.38. The molecule has 0 aliphatic carbocycles. The second-order valence-electron chi connectivity index (χ2n) is 3.48. The second-order valence-corrected chi connectivity index (χ2v) is 5.49. The summed E-state index contributed by atoms with van der Waals surface area (Å²) in [7, 11) is -0.582. The molecule has 0 atom stereocenters. The van der Waals surface area contributed by atoms with E-state index in [1.807, 2.05) is 0 Å². The maximum Gasteiger partial charge on any atom is 0.252 e. The van der Waals surface area contributed by atoms with Crippen LogP contribution in [0, 0.1) is 0 Å². The molecule has 17 heavy (non-hydrogen) atoms. The lowest BCUT2D eigenvalue weighted by atomic mass is 10.1. The van der Waals surface area contributed by atoms with Crippen molar-refractivity contribution in [2.45, 2.75) is 0 Å². The fraction of sp³-hybridized carbons (Fsp3) is 0.300. The summed E-state index contributed by atoms with van der Waals surface area (Å²) in [5.74, 6) is -0.367. The topological polar surface area (TPSA) is 89.7 Å². The Hall–Kier alpha value is -1.76. The van der Waals surface area contributed by atoms with Crippen LogP contribution in [-0.2, 0) is 10.0 Å². The van der Waals surface area contributed by atoms with Gasteiger partial charge < -0.3 is 10.5 Å². The van der Waals surface area contributed by atoms with Crippen LogP contribution in [0.15, 0.2) is 18.2 Å². The van der Waals surface area contributed by atoms with Crippen LogP contribution in [0.1, 0.15) is 10.4 Å². The number of hydrogen-bond donors (Lipinski definition) is 1. The predicted molar refractivity (Wildman–Crippen MR) is 64.8 cm³/mol. The van der Waals surface area contributed by atoms with Crippen molar-refractivity contribution in [3.63, 3.8) is 0 Å². The number of anilines is 1. The summed E-state index contributed by atoms with van der Waals surface area (Å²) in [5.41, 5.74) is 5.67. The molecule has 1 amide bonds. The fourth-order valence-corrected chi connectivity index (χ4v) is 1.77. The summed E-state index contributed by atoms with van der Waals surface area (Å²) in [6.07, 6.45) is 1.07. The number of nitrogens with two attached hydrogens (primary N) is 1. The number of carbonyl (C=O) groups excluding carboxylic acids is 1. The molecule has 1 rings (SSSR count). The van der Waals surface area contributed by atoms with Gasteiger partial charge in [0.15, 0.2) is 0 Å². The summed E-state index contributed by atoms with van der Waals surface area (Å²) >= 11 is 0. The zero-order valence-corrected chi connectivity index (χ0v) is 10.6. The molecule has 7 heteroatoms. The molecule has 0 saturated heterocycles. The van der Waals surface area contributed by atoms with E-state index in [4.69, 9.17) is 10.5 Å². The lowest BCUT2D eigenvalue weighted by molar-refractivity contribution is 0.0997. The van der Waals surface area contributed by atoms with Crippen LogP contribution in [0.5, 0.6) is 5.75 Å². The highest BCUT2D eigenvalue weighted by Gasteiger charge is 2.16. The molecule has 0 unspecified atom stereocenters. The van der Waals surface area contributed by atoms with E-state index in [1.54, 1.807) is 0 Å². The van der Waals surface area contributed by atoms with Gasteiger partial charge in [0.2, 0.25) is 10.0 Å². The largest absolute Gasteiger partial charge is 0.496 e. The number of benzene rings is 1. The Labute approximate surface area is 100 Å². The molecule has 2 N–H and O–H groups in total. The maximum atomic E-state index is 11.3. The van der Waals surface area contributed by atoms with Gasteiger partial charge in [-0.15, -0.1) is 0 Å². The van der Waals surface area contributed by atoms with Gasteiger partial charge in [-0.25, -0.2) is 8.42 Å². The molecule has 0 aliphatic heterocycles. The minimum Gasteiger partial charge on any atom is -0.496 e. The lowest BCUT2D eigenvalue weighted by Crippen LogP contribution is -2.25. The zero-order valence-electron chi connectivity index (χ0n) is 9.80. The number of hydrogen-bond acceptors (Lipinski definition) is 4. The molecular weight excluding hydrogens is 244 g/mol. The fourth-order valence-electron chi connectivity index (χ4n) is 1.28. The quantitative estimate of drug-likeness (QED) is 0.834. The first-order valence-corrected chi connectivity index (χ1v) is 6.54. The van der Waals surface area contributed by atoms with Crippen molar-refractivity contribution in [2.75, 3.05) is 24.7 Å². The summed E-state index contributed by atoms with van der Waals surface area (Å²) in [5, 5.41) is 0. The normalized spacial score (nSPS) is 11.0. The summed E-state index contributed by atoms with van der Waals surface area (Å²) in [6, 6.07) is 4.41. The highest BCUT2D eigenvalue weighted by Crippen LogP contribution is 2.25. The number of primary amides is 1. The van der Waals surface area contributed by atoms with Crippen molar-refractivity contribution in [1.82, 2.24) is 0 Å². The second kappa shape index (κ2) is 4.62. The molecule has 0 spiro atoms. The first-order valence-electron chi connectivity index (χ1n) is 4.69. The maximum absolute atomic E-state index is 11.3. The highest BCUT2D eigenvalue weighted by molar-refractivity contribution is 7.92. The Morgan fingerprint density at radius 2 is 2.00 bits per heavy atom. The molecule has 0 saturated carbocycles.